The molecule has 2 N–H and O–H groups in total. The summed E-state index contributed by atoms with van der Waals surface area (Å²) in [4.78, 5) is 11.9. The fraction of sp³-hybridized carbons (Fsp3) is 0.188. The topological polar surface area (TPSA) is 75.3 Å². The second-order valence-electron chi connectivity index (χ2n) is 5.01. The highest BCUT2D eigenvalue weighted by molar-refractivity contribution is 9.10. The lowest BCUT2D eigenvalue weighted by molar-refractivity contribution is -0.121. The Hall–Kier alpha value is -1.77. The lowest BCUT2D eigenvalue weighted by Crippen LogP contribution is -2.30. The van der Waals surface area contributed by atoms with Crippen LogP contribution in [-0.2, 0) is 21.4 Å². The average molecular weight is 415 g/mol. The first-order chi connectivity index (χ1) is 11.4. The molecule has 0 atom stereocenters. The van der Waals surface area contributed by atoms with Crippen LogP contribution in [0.25, 0.3) is 0 Å². The van der Waals surface area contributed by atoms with E-state index < -0.39 is 10.0 Å². The number of halogens is 2. The van der Waals surface area contributed by atoms with E-state index in [4.69, 9.17) is 0 Å². The number of benzene rings is 2. The maximum atomic E-state index is 13.0. The largest absolute Gasteiger partial charge is 0.352 e. The maximum absolute atomic E-state index is 13.0. The van der Waals surface area contributed by atoms with E-state index in [0.29, 0.717) is 5.56 Å². The van der Waals surface area contributed by atoms with Gasteiger partial charge in [-0.2, -0.15) is 0 Å². The van der Waals surface area contributed by atoms with Crippen molar-refractivity contribution in [2.24, 2.45) is 0 Å². The lowest BCUT2D eigenvalue weighted by Gasteiger charge is -2.08. The summed E-state index contributed by atoms with van der Waals surface area (Å²) in [5.41, 5.74) is 0.638. The van der Waals surface area contributed by atoms with Gasteiger partial charge in [0.05, 0.1) is 4.90 Å². The van der Waals surface area contributed by atoms with Crippen LogP contribution in [0.5, 0.6) is 0 Å². The van der Waals surface area contributed by atoms with E-state index in [0.717, 1.165) is 4.47 Å². The van der Waals surface area contributed by atoms with Crippen molar-refractivity contribution < 1.29 is 17.6 Å². The summed E-state index contributed by atoms with van der Waals surface area (Å²) in [6.07, 6.45) is -0.00886. The lowest BCUT2D eigenvalue weighted by atomic mass is 10.2. The van der Waals surface area contributed by atoms with Gasteiger partial charge in [-0.1, -0.05) is 28.1 Å². The van der Waals surface area contributed by atoms with E-state index in [1.54, 1.807) is 24.3 Å². The quantitative estimate of drug-likeness (QED) is 0.730. The molecule has 1 amide bonds. The van der Waals surface area contributed by atoms with Gasteiger partial charge in [-0.3, -0.25) is 4.79 Å². The normalized spacial score (nSPS) is 11.2. The van der Waals surface area contributed by atoms with Gasteiger partial charge in [-0.05, 0) is 42.0 Å². The zero-order valence-electron chi connectivity index (χ0n) is 12.6. The first-order valence-corrected chi connectivity index (χ1v) is 9.41. The monoisotopic (exact) mass is 414 g/mol. The Balaban J connectivity index is 1.78. The summed E-state index contributed by atoms with van der Waals surface area (Å²) in [6, 6.07) is 12.1. The zero-order chi connectivity index (χ0) is 17.6. The van der Waals surface area contributed by atoms with Crippen LogP contribution in [0.4, 0.5) is 4.39 Å². The highest BCUT2D eigenvalue weighted by Crippen LogP contribution is 2.14. The van der Waals surface area contributed by atoms with E-state index in [1.807, 2.05) is 0 Å². The number of carbonyl (C=O) groups excluding carboxylic acids is 1. The Morgan fingerprint density at radius 2 is 1.83 bits per heavy atom. The van der Waals surface area contributed by atoms with Gasteiger partial charge in [-0.15, -0.1) is 0 Å². The van der Waals surface area contributed by atoms with Crippen LogP contribution < -0.4 is 10.0 Å². The molecule has 0 saturated carbocycles. The highest BCUT2D eigenvalue weighted by Gasteiger charge is 2.13. The zero-order valence-corrected chi connectivity index (χ0v) is 15.0. The molecule has 128 valence electrons. The van der Waals surface area contributed by atoms with Gasteiger partial charge in [0.25, 0.3) is 0 Å². The van der Waals surface area contributed by atoms with Crippen LogP contribution in [0.1, 0.15) is 12.0 Å². The van der Waals surface area contributed by atoms with Crippen molar-refractivity contribution in [2.45, 2.75) is 17.9 Å². The van der Waals surface area contributed by atoms with Gasteiger partial charge < -0.3 is 5.32 Å². The van der Waals surface area contributed by atoms with Crippen LogP contribution in [0, 0.1) is 5.82 Å². The minimum absolute atomic E-state index is 0.00886. The summed E-state index contributed by atoms with van der Waals surface area (Å²) in [5.74, 6) is -0.693. The third kappa shape index (κ3) is 5.70. The second-order valence-corrected chi connectivity index (χ2v) is 7.69. The molecular formula is C16H16BrFN2O3S. The van der Waals surface area contributed by atoms with E-state index in [-0.39, 0.29) is 36.1 Å². The fourth-order valence-corrected chi connectivity index (χ4v) is 3.23. The number of hydrogen-bond acceptors (Lipinski definition) is 3. The van der Waals surface area contributed by atoms with E-state index in [1.165, 1.54) is 24.3 Å². The van der Waals surface area contributed by atoms with Crippen molar-refractivity contribution in [3.8, 4) is 0 Å². The Bertz CT molecular complexity index is 810. The molecule has 0 aliphatic heterocycles. The first kappa shape index (κ1) is 18.6. The molecule has 0 aliphatic rings. The van der Waals surface area contributed by atoms with Crippen molar-refractivity contribution in [3.63, 3.8) is 0 Å². The molecule has 0 radical (unpaired) electrons. The molecule has 0 saturated heterocycles. The molecule has 8 heteroatoms. The molecule has 24 heavy (non-hydrogen) atoms. The van der Waals surface area contributed by atoms with Crippen LogP contribution in [0.15, 0.2) is 57.9 Å². The number of sulfonamides is 1. The smallest absolute Gasteiger partial charge is 0.240 e. The molecule has 0 aromatic heterocycles. The van der Waals surface area contributed by atoms with Crippen LogP contribution >= 0.6 is 15.9 Å². The number of hydrogen-bond donors (Lipinski definition) is 2. The van der Waals surface area contributed by atoms with E-state index in [9.17, 15) is 17.6 Å². The van der Waals surface area contributed by atoms with E-state index in [2.05, 4.69) is 26.0 Å². The predicted octanol–water partition coefficient (Wildman–Crippen LogP) is 2.57. The summed E-state index contributed by atoms with van der Waals surface area (Å²) in [7, 11) is -3.65. The minimum Gasteiger partial charge on any atom is -0.352 e. The van der Waals surface area contributed by atoms with Crippen molar-refractivity contribution >= 4 is 31.9 Å². The summed E-state index contributed by atoms with van der Waals surface area (Å²) in [5, 5.41) is 2.61. The van der Waals surface area contributed by atoms with Gasteiger partial charge in [0, 0.05) is 24.0 Å². The molecule has 2 aromatic carbocycles. The molecule has 2 rings (SSSR count). The third-order valence-electron chi connectivity index (χ3n) is 3.15. The number of nitrogens with one attached hydrogen (secondary N) is 2. The first-order valence-electron chi connectivity index (χ1n) is 7.13. The molecule has 0 aliphatic carbocycles. The van der Waals surface area contributed by atoms with Gasteiger partial charge >= 0.3 is 0 Å². The average Bonchev–Trinajstić information content (AvgIpc) is 2.53. The summed E-state index contributed by atoms with van der Waals surface area (Å²) < 4.78 is 40.2. The van der Waals surface area contributed by atoms with Gasteiger partial charge in [-0.25, -0.2) is 17.5 Å². The minimum atomic E-state index is -3.65. The fourth-order valence-electron chi connectivity index (χ4n) is 1.93. The standard InChI is InChI=1S/C16H16BrFN2O3S/c17-13-4-6-15(7-5-13)24(22,23)20-9-8-16(21)19-11-12-2-1-3-14(18)10-12/h1-7,10,20H,8-9,11H2,(H,19,21). The maximum Gasteiger partial charge on any atom is 0.240 e. The molecule has 2 aromatic rings. The molecule has 0 heterocycles. The SMILES string of the molecule is O=C(CCNS(=O)(=O)c1ccc(Br)cc1)NCc1cccc(F)c1. The van der Waals surface area contributed by atoms with Crippen molar-refractivity contribution in [2.75, 3.05) is 6.54 Å². The number of amides is 1. The van der Waals surface area contributed by atoms with Gasteiger partial charge in [0.1, 0.15) is 5.82 Å². The number of rotatable bonds is 7. The second kappa shape index (κ2) is 8.36. The van der Waals surface area contributed by atoms with Crippen molar-refractivity contribution in [1.82, 2.24) is 10.0 Å². The number of carbonyl (C=O) groups is 1. The predicted molar refractivity (Wildman–Crippen MR) is 92.2 cm³/mol. The molecule has 0 spiro atoms. The molecule has 5 nitrogen and oxygen atoms in total. The Morgan fingerprint density at radius 3 is 2.50 bits per heavy atom. The Morgan fingerprint density at radius 1 is 1.12 bits per heavy atom. The molecule has 0 fully saturated rings. The molecular weight excluding hydrogens is 399 g/mol. The van der Waals surface area contributed by atoms with Gasteiger partial charge in [0.2, 0.25) is 15.9 Å². The summed E-state index contributed by atoms with van der Waals surface area (Å²) >= 11 is 3.23. The highest BCUT2D eigenvalue weighted by atomic mass is 79.9. The van der Waals surface area contributed by atoms with Crippen molar-refractivity contribution in [3.05, 3.63) is 64.4 Å². The van der Waals surface area contributed by atoms with Crippen molar-refractivity contribution in [1.29, 1.82) is 0 Å². The molecule has 0 unspecified atom stereocenters. The van der Waals surface area contributed by atoms with E-state index >= 15 is 0 Å². The van der Waals surface area contributed by atoms with Crippen LogP contribution in [-0.4, -0.2) is 20.9 Å². The van der Waals surface area contributed by atoms with Crippen LogP contribution in [0.2, 0.25) is 0 Å². The summed E-state index contributed by atoms with van der Waals surface area (Å²) in [6.45, 7) is 0.170. The third-order valence-corrected chi connectivity index (χ3v) is 5.15. The van der Waals surface area contributed by atoms with Crippen LogP contribution in [0.3, 0.4) is 0 Å². The van der Waals surface area contributed by atoms with Gasteiger partial charge in [0.15, 0.2) is 0 Å². The molecule has 0 bridgehead atoms. The Kier molecular flexibility index (Phi) is 6.47. The Labute approximate surface area is 148 Å².